The summed E-state index contributed by atoms with van der Waals surface area (Å²) < 4.78 is 40.7. The number of hydrogen-bond acceptors (Lipinski definition) is 1. The van der Waals surface area contributed by atoms with Crippen LogP contribution < -0.4 is 4.74 Å². The molecule has 1 nitrogen and oxygen atoms in total. The van der Waals surface area contributed by atoms with Gasteiger partial charge in [-0.15, -0.1) is 13.2 Å². The van der Waals surface area contributed by atoms with Gasteiger partial charge in [0.05, 0.1) is 0 Å². The minimum Gasteiger partial charge on any atom is -0.406 e. The van der Waals surface area contributed by atoms with Gasteiger partial charge in [0.25, 0.3) is 0 Å². The van der Waals surface area contributed by atoms with E-state index in [4.69, 9.17) is 0 Å². The largest absolute Gasteiger partial charge is 0.573 e. The second kappa shape index (κ2) is 7.20. The van der Waals surface area contributed by atoms with Gasteiger partial charge in [0.15, 0.2) is 0 Å². The van der Waals surface area contributed by atoms with Crippen molar-refractivity contribution < 1.29 is 17.9 Å². The van der Waals surface area contributed by atoms with Crippen molar-refractivity contribution in [2.45, 2.75) is 57.7 Å². The topological polar surface area (TPSA) is 9.23 Å². The number of halogens is 3. The van der Waals surface area contributed by atoms with Gasteiger partial charge in [-0.3, -0.25) is 0 Å². The van der Waals surface area contributed by atoms with E-state index in [9.17, 15) is 13.2 Å². The van der Waals surface area contributed by atoms with E-state index in [2.05, 4.69) is 23.8 Å². The molecule has 2 fully saturated rings. The van der Waals surface area contributed by atoms with Crippen molar-refractivity contribution in [1.82, 2.24) is 0 Å². The maximum atomic E-state index is 12.2. The van der Waals surface area contributed by atoms with Crippen LogP contribution in [0, 0.1) is 17.8 Å². The summed E-state index contributed by atoms with van der Waals surface area (Å²) in [7, 11) is 0. The summed E-state index contributed by atoms with van der Waals surface area (Å²) in [4.78, 5) is 0. The normalized spacial score (nSPS) is 31.0. The lowest BCUT2D eigenvalue weighted by molar-refractivity contribution is -0.274. The van der Waals surface area contributed by atoms with Crippen LogP contribution in [0.3, 0.4) is 0 Å². The number of ether oxygens (including phenoxy) is 1. The van der Waals surface area contributed by atoms with Crippen LogP contribution in [0.5, 0.6) is 5.75 Å². The Hall–Kier alpha value is -1.45. The van der Waals surface area contributed by atoms with Crippen molar-refractivity contribution in [3.05, 3.63) is 42.0 Å². The Morgan fingerprint density at radius 3 is 2.29 bits per heavy atom. The van der Waals surface area contributed by atoms with E-state index in [1.54, 1.807) is 12.1 Å². The molecule has 0 aliphatic heterocycles. The zero-order valence-electron chi connectivity index (χ0n) is 14.1. The van der Waals surface area contributed by atoms with E-state index >= 15 is 0 Å². The van der Waals surface area contributed by atoms with Crippen molar-refractivity contribution in [3.8, 4) is 5.75 Å². The molecule has 0 aromatic heterocycles. The number of allylic oxidation sites excluding steroid dienone is 2. The van der Waals surface area contributed by atoms with E-state index < -0.39 is 6.36 Å². The molecule has 0 radical (unpaired) electrons. The highest BCUT2D eigenvalue weighted by Crippen LogP contribution is 2.47. The Morgan fingerprint density at radius 2 is 1.62 bits per heavy atom. The number of rotatable bonds is 3. The fourth-order valence-electron chi connectivity index (χ4n) is 4.62. The highest BCUT2D eigenvalue weighted by molar-refractivity contribution is 5.30. The second-order valence-electron chi connectivity index (χ2n) is 7.25. The fourth-order valence-corrected chi connectivity index (χ4v) is 4.62. The van der Waals surface area contributed by atoms with Gasteiger partial charge in [-0.1, -0.05) is 24.3 Å². The average molecular weight is 338 g/mol. The van der Waals surface area contributed by atoms with Gasteiger partial charge in [-0.25, -0.2) is 0 Å². The van der Waals surface area contributed by atoms with E-state index in [0.29, 0.717) is 5.92 Å². The third-order valence-electron chi connectivity index (χ3n) is 5.70. The first kappa shape index (κ1) is 17.4. The molecule has 0 spiro atoms. The summed E-state index contributed by atoms with van der Waals surface area (Å²) in [6.45, 7) is 2.09. The first-order valence-electron chi connectivity index (χ1n) is 8.93. The van der Waals surface area contributed by atoms with E-state index in [0.717, 1.165) is 29.7 Å². The van der Waals surface area contributed by atoms with Crippen LogP contribution in [0.4, 0.5) is 13.2 Å². The Bertz CT molecular complexity index is 561. The first-order chi connectivity index (χ1) is 11.4. The lowest BCUT2D eigenvalue weighted by Gasteiger charge is -2.41. The van der Waals surface area contributed by atoms with Gasteiger partial charge in [-0.2, -0.15) is 0 Å². The van der Waals surface area contributed by atoms with Crippen LogP contribution in [0.1, 0.15) is 56.9 Å². The summed E-state index contributed by atoms with van der Waals surface area (Å²) in [5.41, 5.74) is 1.15. The van der Waals surface area contributed by atoms with Crippen molar-refractivity contribution in [2.24, 2.45) is 17.8 Å². The van der Waals surface area contributed by atoms with Gasteiger partial charge in [0.2, 0.25) is 0 Å². The lowest BCUT2D eigenvalue weighted by atomic mass is 9.64. The molecule has 0 bridgehead atoms. The molecule has 0 saturated heterocycles. The predicted molar refractivity (Wildman–Crippen MR) is 88.9 cm³/mol. The van der Waals surface area contributed by atoms with Crippen molar-refractivity contribution in [2.75, 3.05) is 0 Å². The third-order valence-corrected chi connectivity index (χ3v) is 5.70. The fraction of sp³-hybridized carbons (Fsp3) is 0.600. The van der Waals surface area contributed by atoms with Crippen molar-refractivity contribution >= 4 is 0 Å². The SMILES string of the molecule is C/C=C/C1CCC2CC(c3ccc(OC(F)(F)F)cc3)CCC2C1. The van der Waals surface area contributed by atoms with Crippen LogP contribution >= 0.6 is 0 Å². The maximum absolute atomic E-state index is 12.2. The molecule has 24 heavy (non-hydrogen) atoms. The Morgan fingerprint density at radius 1 is 0.958 bits per heavy atom. The molecule has 1 aromatic carbocycles. The van der Waals surface area contributed by atoms with Gasteiger partial charge in [0, 0.05) is 0 Å². The van der Waals surface area contributed by atoms with E-state index in [-0.39, 0.29) is 5.75 Å². The highest BCUT2D eigenvalue weighted by atomic mass is 19.4. The number of fused-ring (bicyclic) bond motifs is 1. The van der Waals surface area contributed by atoms with E-state index in [1.807, 2.05) is 0 Å². The van der Waals surface area contributed by atoms with Crippen LogP contribution in [-0.2, 0) is 0 Å². The molecule has 4 unspecified atom stereocenters. The zero-order chi connectivity index (χ0) is 17.2. The van der Waals surface area contributed by atoms with Crippen LogP contribution in [0.25, 0.3) is 0 Å². The van der Waals surface area contributed by atoms with Crippen LogP contribution in [0.2, 0.25) is 0 Å². The summed E-state index contributed by atoms with van der Waals surface area (Å²) in [6, 6.07) is 6.49. The lowest BCUT2D eigenvalue weighted by Crippen LogP contribution is -2.30. The monoisotopic (exact) mass is 338 g/mol. The summed E-state index contributed by atoms with van der Waals surface area (Å²) in [5.74, 6) is 2.68. The third kappa shape index (κ3) is 4.34. The molecular weight excluding hydrogens is 313 g/mol. The molecule has 2 saturated carbocycles. The molecular formula is C20H25F3O. The molecule has 3 rings (SSSR count). The minimum atomic E-state index is -4.62. The number of hydrogen-bond donors (Lipinski definition) is 0. The van der Waals surface area contributed by atoms with Gasteiger partial charge < -0.3 is 4.74 Å². The van der Waals surface area contributed by atoms with Crippen LogP contribution in [-0.4, -0.2) is 6.36 Å². The highest BCUT2D eigenvalue weighted by Gasteiger charge is 2.35. The minimum absolute atomic E-state index is 0.133. The van der Waals surface area contributed by atoms with Gasteiger partial charge in [0.1, 0.15) is 5.75 Å². The maximum Gasteiger partial charge on any atom is 0.573 e. The second-order valence-corrected chi connectivity index (χ2v) is 7.25. The summed E-state index contributed by atoms with van der Waals surface area (Å²) >= 11 is 0. The molecule has 0 N–H and O–H groups in total. The molecule has 132 valence electrons. The van der Waals surface area contributed by atoms with Gasteiger partial charge >= 0.3 is 6.36 Å². The Kier molecular flexibility index (Phi) is 5.21. The standard InChI is InChI=1S/C20H25F3O/c1-2-3-14-4-5-18-13-17(7-6-16(18)12-14)15-8-10-19(11-9-15)24-20(21,22)23/h2-3,8-11,14,16-18H,4-7,12-13H2,1H3/b3-2+. The smallest absolute Gasteiger partial charge is 0.406 e. The molecule has 0 heterocycles. The Labute approximate surface area is 141 Å². The molecule has 2 aliphatic rings. The molecule has 0 amide bonds. The zero-order valence-corrected chi connectivity index (χ0v) is 14.1. The molecule has 4 heteroatoms. The van der Waals surface area contributed by atoms with Crippen LogP contribution in [0.15, 0.2) is 36.4 Å². The van der Waals surface area contributed by atoms with Crippen molar-refractivity contribution in [1.29, 1.82) is 0 Å². The predicted octanol–water partition coefficient (Wildman–Crippen LogP) is 6.46. The quantitative estimate of drug-likeness (QED) is 0.575. The Balaban J connectivity index is 1.60. The summed E-state index contributed by atoms with van der Waals surface area (Å²) in [5, 5.41) is 0. The number of benzene rings is 1. The van der Waals surface area contributed by atoms with Gasteiger partial charge in [-0.05, 0) is 86.8 Å². The molecule has 2 aliphatic carbocycles. The molecule has 4 atom stereocenters. The summed E-state index contributed by atoms with van der Waals surface area (Å²) in [6.07, 6.45) is 7.32. The first-order valence-corrected chi connectivity index (χ1v) is 8.93. The average Bonchev–Trinajstić information content (AvgIpc) is 2.54. The molecule has 1 aromatic rings. The number of alkyl halides is 3. The van der Waals surface area contributed by atoms with E-state index in [1.165, 1.54) is 44.2 Å². The van der Waals surface area contributed by atoms with Crippen molar-refractivity contribution in [3.63, 3.8) is 0 Å².